The number of esters is 1. The molecule has 1 heterocycles. The van der Waals surface area contributed by atoms with Gasteiger partial charge in [0.25, 0.3) is 0 Å². The van der Waals surface area contributed by atoms with Crippen molar-refractivity contribution in [3.8, 4) is 0 Å². The number of carbonyl (C=O) groups is 1. The van der Waals surface area contributed by atoms with Crippen LogP contribution in [0.2, 0.25) is 0 Å². The van der Waals surface area contributed by atoms with Crippen molar-refractivity contribution in [1.82, 2.24) is 4.72 Å². The van der Waals surface area contributed by atoms with Gasteiger partial charge in [0.1, 0.15) is 0 Å². The van der Waals surface area contributed by atoms with Gasteiger partial charge in [0, 0.05) is 11.6 Å². The Labute approximate surface area is 158 Å². The smallest absolute Gasteiger partial charge is 0.363 e. The Morgan fingerprint density at radius 3 is 2.26 bits per heavy atom. The number of nitrogens with zero attached hydrogens (tertiary/aromatic N) is 1. The summed E-state index contributed by atoms with van der Waals surface area (Å²) in [6, 6.07) is 13.5. The Hall–Kier alpha value is -2.77. The lowest BCUT2D eigenvalue weighted by atomic mass is 10.1. The van der Waals surface area contributed by atoms with Crippen LogP contribution in [-0.4, -0.2) is 26.3 Å². The number of cyclic esters (lactones) is 1. The number of ether oxygens (including phenoxy) is 1. The third-order valence-electron chi connectivity index (χ3n) is 3.80. The Kier molecular flexibility index (Phi) is 5.25. The first-order valence-electron chi connectivity index (χ1n) is 8.46. The summed E-state index contributed by atoms with van der Waals surface area (Å²) in [5.41, 5.74) is 2.70. The molecule has 1 N–H and O–H groups in total. The van der Waals surface area contributed by atoms with Gasteiger partial charge >= 0.3 is 5.97 Å². The average molecular weight is 384 g/mol. The first kappa shape index (κ1) is 19.0. The normalized spacial score (nSPS) is 15.9. The van der Waals surface area contributed by atoms with Crippen LogP contribution in [0.1, 0.15) is 30.5 Å². The van der Waals surface area contributed by atoms with E-state index in [1.54, 1.807) is 32.1 Å². The van der Waals surface area contributed by atoms with Gasteiger partial charge in [-0.3, -0.25) is 0 Å². The Morgan fingerprint density at radius 2 is 1.67 bits per heavy atom. The maximum absolute atomic E-state index is 12.2. The summed E-state index contributed by atoms with van der Waals surface area (Å²) in [5, 5.41) is 0. The average Bonchev–Trinajstić information content (AvgIpc) is 2.97. The summed E-state index contributed by atoms with van der Waals surface area (Å²) in [6.07, 6.45) is 1.65. The first-order chi connectivity index (χ1) is 12.7. The number of aliphatic imine (C=N–C) groups is 1. The molecule has 0 unspecified atom stereocenters. The lowest BCUT2D eigenvalue weighted by Gasteiger charge is -2.09. The van der Waals surface area contributed by atoms with Gasteiger partial charge < -0.3 is 4.74 Å². The molecule has 0 saturated carbocycles. The van der Waals surface area contributed by atoms with Crippen molar-refractivity contribution >= 4 is 28.0 Å². The van der Waals surface area contributed by atoms with Crippen LogP contribution in [0.4, 0.5) is 0 Å². The van der Waals surface area contributed by atoms with Crippen LogP contribution in [0, 0.1) is 6.92 Å². The maximum Gasteiger partial charge on any atom is 0.363 e. The number of carbonyl (C=O) groups excluding carboxylic acids is 1. The van der Waals surface area contributed by atoms with E-state index in [9.17, 15) is 13.2 Å². The van der Waals surface area contributed by atoms with Gasteiger partial charge in [-0.15, -0.1) is 0 Å². The Balaban J connectivity index is 1.84. The van der Waals surface area contributed by atoms with Crippen LogP contribution < -0.4 is 4.72 Å². The minimum absolute atomic E-state index is 0.139. The van der Waals surface area contributed by atoms with E-state index < -0.39 is 16.0 Å². The molecular formula is C20H20N2O4S. The molecule has 0 fully saturated rings. The molecule has 2 aromatic carbocycles. The number of rotatable bonds is 5. The van der Waals surface area contributed by atoms with E-state index in [0.717, 1.165) is 11.1 Å². The van der Waals surface area contributed by atoms with Crippen molar-refractivity contribution in [2.75, 3.05) is 0 Å². The van der Waals surface area contributed by atoms with Crippen LogP contribution >= 0.6 is 0 Å². The molecular weight excluding hydrogens is 364 g/mol. The van der Waals surface area contributed by atoms with Crippen LogP contribution in [-0.2, 0) is 19.6 Å². The number of hydrogen-bond acceptors (Lipinski definition) is 5. The second kappa shape index (κ2) is 7.46. The number of sulfonamides is 1. The second-order valence-electron chi connectivity index (χ2n) is 6.55. The largest absolute Gasteiger partial charge is 0.402 e. The van der Waals surface area contributed by atoms with Crippen molar-refractivity contribution in [1.29, 1.82) is 0 Å². The van der Waals surface area contributed by atoms with Gasteiger partial charge in [0.2, 0.25) is 15.9 Å². The standard InChI is InChI=1S/C20H20N2O4S/c1-13(2)22-27(24,25)17-10-8-16(9-11-17)19-21-18(20(23)26-19)12-15-6-4-14(3)5-7-15/h4-13,22H,1-3H3/b18-12-. The van der Waals surface area contributed by atoms with E-state index >= 15 is 0 Å². The van der Waals surface area contributed by atoms with Crippen LogP contribution in [0.3, 0.4) is 0 Å². The fraction of sp³-hybridized carbons (Fsp3) is 0.200. The SMILES string of the molecule is Cc1ccc(/C=C2\N=C(c3ccc(S(=O)(=O)NC(C)C)cc3)OC2=O)cc1. The summed E-state index contributed by atoms with van der Waals surface area (Å²) in [5.74, 6) is -0.386. The molecule has 6 nitrogen and oxygen atoms in total. The second-order valence-corrected chi connectivity index (χ2v) is 8.26. The van der Waals surface area contributed by atoms with Gasteiger partial charge in [-0.25, -0.2) is 22.9 Å². The van der Waals surface area contributed by atoms with E-state index in [1.165, 1.54) is 12.1 Å². The third-order valence-corrected chi connectivity index (χ3v) is 5.48. The minimum Gasteiger partial charge on any atom is -0.402 e. The summed E-state index contributed by atoms with van der Waals surface area (Å²) < 4.78 is 32.1. The van der Waals surface area contributed by atoms with Crippen LogP contribution in [0.25, 0.3) is 6.08 Å². The van der Waals surface area contributed by atoms with Crippen molar-refractivity contribution in [2.45, 2.75) is 31.7 Å². The highest BCUT2D eigenvalue weighted by Crippen LogP contribution is 2.20. The van der Waals surface area contributed by atoms with E-state index in [0.29, 0.717) is 5.56 Å². The molecule has 0 bridgehead atoms. The molecule has 2 aromatic rings. The zero-order valence-electron chi connectivity index (χ0n) is 15.3. The quantitative estimate of drug-likeness (QED) is 0.634. The zero-order chi connectivity index (χ0) is 19.6. The zero-order valence-corrected chi connectivity index (χ0v) is 16.1. The molecule has 1 aliphatic heterocycles. The molecule has 27 heavy (non-hydrogen) atoms. The summed E-state index contributed by atoms with van der Waals surface area (Å²) in [4.78, 5) is 16.4. The minimum atomic E-state index is -3.57. The molecule has 0 aliphatic carbocycles. The molecule has 140 valence electrons. The summed E-state index contributed by atoms with van der Waals surface area (Å²) in [7, 11) is -3.57. The highest BCUT2D eigenvalue weighted by molar-refractivity contribution is 7.89. The highest BCUT2D eigenvalue weighted by Gasteiger charge is 2.24. The fourth-order valence-corrected chi connectivity index (χ4v) is 3.76. The van der Waals surface area contributed by atoms with E-state index in [-0.39, 0.29) is 22.5 Å². The van der Waals surface area contributed by atoms with E-state index in [2.05, 4.69) is 9.71 Å². The van der Waals surface area contributed by atoms with Gasteiger partial charge in [-0.2, -0.15) is 0 Å². The van der Waals surface area contributed by atoms with Crippen LogP contribution in [0.15, 0.2) is 64.1 Å². The van der Waals surface area contributed by atoms with Gasteiger partial charge in [-0.1, -0.05) is 29.8 Å². The van der Waals surface area contributed by atoms with Gasteiger partial charge in [0.15, 0.2) is 5.70 Å². The van der Waals surface area contributed by atoms with E-state index in [1.807, 2.05) is 31.2 Å². The van der Waals surface area contributed by atoms with Crippen molar-refractivity contribution < 1.29 is 17.9 Å². The van der Waals surface area contributed by atoms with Crippen molar-refractivity contribution in [2.24, 2.45) is 4.99 Å². The molecule has 0 radical (unpaired) electrons. The summed E-state index contributed by atoms with van der Waals surface area (Å²) >= 11 is 0. The lowest BCUT2D eigenvalue weighted by Crippen LogP contribution is -2.30. The highest BCUT2D eigenvalue weighted by atomic mass is 32.2. The lowest BCUT2D eigenvalue weighted by molar-refractivity contribution is -0.129. The van der Waals surface area contributed by atoms with Crippen LogP contribution in [0.5, 0.6) is 0 Å². The van der Waals surface area contributed by atoms with Crippen molar-refractivity contribution in [3.05, 3.63) is 70.9 Å². The molecule has 0 saturated heterocycles. The van der Waals surface area contributed by atoms with E-state index in [4.69, 9.17) is 4.74 Å². The number of benzene rings is 2. The molecule has 3 rings (SSSR count). The topological polar surface area (TPSA) is 84.8 Å². The van der Waals surface area contributed by atoms with Gasteiger partial charge in [-0.05, 0) is 56.7 Å². The monoisotopic (exact) mass is 384 g/mol. The molecule has 0 atom stereocenters. The molecule has 0 spiro atoms. The Bertz CT molecular complexity index is 1020. The number of hydrogen-bond donors (Lipinski definition) is 1. The summed E-state index contributed by atoms with van der Waals surface area (Å²) in [6.45, 7) is 5.48. The fourth-order valence-electron chi connectivity index (χ4n) is 2.51. The molecule has 0 aromatic heterocycles. The molecule has 7 heteroatoms. The molecule has 0 amide bonds. The predicted molar refractivity (Wildman–Crippen MR) is 104 cm³/mol. The van der Waals surface area contributed by atoms with Gasteiger partial charge in [0.05, 0.1) is 4.90 Å². The number of aryl methyl sites for hydroxylation is 1. The Morgan fingerprint density at radius 1 is 1.04 bits per heavy atom. The predicted octanol–water partition coefficient (Wildman–Crippen LogP) is 3.03. The molecule has 1 aliphatic rings. The number of nitrogens with one attached hydrogen (secondary N) is 1. The van der Waals surface area contributed by atoms with Crippen molar-refractivity contribution in [3.63, 3.8) is 0 Å². The first-order valence-corrected chi connectivity index (χ1v) is 9.95. The third kappa shape index (κ3) is 4.50. The maximum atomic E-state index is 12.2.